The Kier molecular flexibility index (Phi) is 3.69. The number of aromatic nitrogens is 1. The van der Waals surface area contributed by atoms with Crippen LogP contribution in [0.1, 0.15) is 11.3 Å². The average molecular weight is 197 g/mol. The van der Waals surface area contributed by atoms with E-state index in [0.29, 0.717) is 18.2 Å². The van der Waals surface area contributed by atoms with E-state index in [1.54, 1.807) is 19.2 Å². The molecule has 0 N–H and O–H groups in total. The fraction of sp³-hybridized carbons (Fsp3) is 0.333. The van der Waals surface area contributed by atoms with E-state index in [9.17, 15) is 0 Å². The summed E-state index contributed by atoms with van der Waals surface area (Å²) in [4.78, 5) is 4.07. The van der Waals surface area contributed by atoms with Gasteiger partial charge in [-0.05, 0) is 11.6 Å². The first-order chi connectivity index (χ1) is 6.27. The second-order valence-corrected chi connectivity index (χ2v) is 2.89. The van der Waals surface area contributed by atoms with Crippen molar-refractivity contribution in [2.45, 2.75) is 13.0 Å². The van der Waals surface area contributed by atoms with Crippen LogP contribution in [0.25, 0.3) is 0 Å². The molecule has 3 nitrogen and oxygen atoms in total. The molecule has 0 aliphatic carbocycles. The molecule has 0 unspecified atom stereocenters. The van der Waals surface area contributed by atoms with Crippen molar-refractivity contribution in [2.24, 2.45) is 0 Å². The molecule has 0 amide bonds. The van der Waals surface area contributed by atoms with E-state index in [0.717, 1.165) is 11.3 Å². The van der Waals surface area contributed by atoms with Gasteiger partial charge in [-0.3, -0.25) is 0 Å². The number of pyridine rings is 1. The van der Waals surface area contributed by atoms with Crippen LogP contribution in [-0.4, -0.2) is 12.1 Å². The minimum absolute atomic E-state index is 0.336. The van der Waals surface area contributed by atoms with Gasteiger partial charge in [0.25, 0.3) is 0 Å². The third-order valence-corrected chi connectivity index (χ3v) is 1.80. The van der Waals surface area contributed by atoms with Gasteiger partial charge >= 0.3 is 0 Å². The summed E-state index contributed by atoms with van der Waals surface area (Å²) in [5, 5.41) is 8.95. The highest BCUT2D eigenvalue weighted by Gasteiger charge is 2.03. The Balaban J connectivity index is 2.97. The summed E-state index contributed by atoms with van der Waals surface area (Å²) < 4.78 is 4.94. The fourth-order valence-electron chi connectivity index (χ4n) is 1.01. The number of nitriles is 1. The van der Waals surface area contributed by atoms with E-state index in [1.165, 1.54) is 0 Å². The summed E-state index contributed by atoms with van der Waals surface area (Å²) in [6.45, 7) is 0.386. The van der Waals surface area contributed by atoms with E-state index in [2.05, 4.69) is 11.1 Å². The van der Waals surface area contributed by atoms with Crippen molar-refractivity contribution in [1.29, 1.82) is 5.26 Å². The molecule has 4 heteroatoms. The predicted molar refractivity (Wildman–Crippen MR) is 49.3 cm³/mol. The van der Waals surface area contributed by atoms with Gasteiger partial charge in [-0.1, -0.05) is 17.7 Å². The highest BCUT2D eigenvalue weighted by atomic mass is 35.5. The van der Waals surface area contributed by atoms with E-state index in [4.69, 9.17) is 21.6 Å². The molecule has 0 fully saturated rings. The first-order valence-electron chi connectivity index (χ1n) is 3.78. The zero-order valence-corrected chi connectivity index (χ0v) is 8.01. The van der Waals surface area contributed by atoms with Crippen molar-refractivity contribution in [2.75, 3.05) is 7.11 Å². The van der Waals surface area contributed by atoms with Gasteiger partial charge in [0.05, 0.1) is 24.8 Å². The summed E-state index contributed by atoms with van der Waals surface area (Å²) >= 11 is 5.70. The fourth-order valence-corrected chi connectivity index (χ4v) is 1.18. The van der Waals surface area contributed by atoms with Crippen molar-refractivity contribution < 1.29 is 4.74 Å². The Morgan fingerprint density at radius 3 is 3.00 bits per heavy atom. The molecule has 1 aromatic heterocycles. The number of hydrogen-bond donors (Lipinski definition) is 0. The number of methoxy groups -OCH3 is 1. The molecule has 0 aliphatic heterocycles. The molecule has 0 bridgehead atoms. The molecule has 0 radical (unpaired) electrons. The second kappa shape index (κ2) is 4.80. The lowest BCUT2D eigenvalue weighted by Gasteiger charge is -2.04. The minimum atomic E-state index is 0.336. The number of rotatable bonds is 3. The smallest absolute Gasteiger partial charge is 0.129 e. The summed E-state index contributed by atoms with van der Waals surface area (Å²) in [6.07, 6.45) is 0.336. The summed E-state index contributed by atoms with van der Waals surface area (Å²) in [6, 6.07) is 5.54. The van der Waals surface area contributed by atoms with Crippen LogP contribution in [0.4, 0.5) is 0 Å². The summed E-state index contributed by atoms with van der Waals surface area (Å²) in [5.74, 6) is 0. The van der Waals surface area contributed by atoms with E-state index < -0.39 is 0 Å². The molecule has 68 valence electrons. The van der Waals surface area contributed by atoms with Crippen molar-refractivity contribution in [3.63, 3.8) is 0 Å². The molecule has 0 aromatic carbocycles. The lowest BCUT2D eigenvalue weighted by molar-refractivity contribution is 0.181. The Bertz CT molecular complexity index is 333. The van der Waals surface area contributed by atoms with Crippen LogP contribution in [0.15, 0.2) is 12.1 Å². The van der Waals surface area contributed by atoms with E-state index in [-0.39, 0.29) is 0 Å². The first-order valence-corrected chi connectivity index (χ1v) is 4.16. The van der Waals surface area contributed by atoms with Crippen molar-refractivity contribution >= 4 is 11.6 Å². The first kappa shape index (κ1) is 9.97. The molecule has 0 atom stereocenters. The van der Waals surface area contributed by atoms with Gasteiger partial charge in [0.1, 0.15) is 5.15 Å². The zero-order chi connectivity index (χ0) is 9.68. The SMILES string of the molecule is COCc1nc(Cl)ccc1CC#N. The van der Waals surface area contributed by atoms with Gasteiger partial charge in [0, 0.05) is 7.11 Å². The standard InChI is InChI=1S/C9H9ClN2O/c1-13-6-8-7(4-5-11)2-3-9(10)12-8/h2-3H,4,6H2,1H3. The van der Waals surface area contributed by atoms with Gasteiger partial charge in [-0.2, -0.15) is 5.26 Å². The molecular formula is C9H9ClN2O. The normalized spacial score (nSPS) is 9.62. The van der Waals surface area contributed by atoms with Gasteiger partial charge in [-0.25, -0.2) is 4.98 Å². The molecule has 1 heterocycles. The lowest BCUT2D eigenvalue weighted by Crippen LogP contribution is -1.98. The Hall–Kier alpha value is -1.11. The van der Waals surface area contributed by atoms with Crippen LogP contribution in [-0.2, 0) is 17.8 Å². The molecule has 13 heavy (non-hydrogen) atoms. The third kappa shape index (κ3) is 2.69. The molecule has 0 aliphatic rings. The summed E-state index contributed by atoms with van der Waals surface area (Å²) in [7, 11) is 1.58. The summed E-state index contributed by atoms with van der Waals surface area (Å²) in [5.41, 5.74) is 1.60. The maximum atomic E-state index is 8.53. The highest BCUT2D eigenvalue weighted by molar-refractivity contribution is 6.29. The molecule has 0 saturated heterocycles. The largest absolute Gasteiger partial charge is 0.378 e. The maximum Gasteiger partial charge on any atom is 0.129 e. The van der Waals surface area contributed by atoms with Crippen LogP contribution in [0.2, 0.25) is 5.15 Å². The maximum absolute atomic E-state index is 8.53. The topological polar surface area (TPSA) is 45.9 Å². The Labute approximate surface area is 81.9 Å². The van der Waals surface area contributed by atoms with Gasteiger partial charge in [0.15, 0.2) is 0 Å². The second-order valence-electron chi connectivity index (χ2n) is 2.51. The van der Waals surface area contributed by atoms with Crippen LogP contribution in [0.3, 0.4) is 0 Å². The van der Waals surface area contributed by atoms with Crippen LogP contribution in [0, 0.1) is 11.3 Å². The number of hydrogen-bond acceptors (Lipinski definition) is 3. The quantitative estimate of drug-likeness (QED) is 0.695. The van der Waals surface area contributed by atoms with Crippen LogP contribution < -0.4 is 0 Å². The van der Waals surface area contributed by atoms with Crippen molar-refractivity contribution in [3.05, 3.63) is 28.5 Å². The van der Waals surface area contributed by atoms with E-state index >= 15 is 0 Å². The zero-order valence-electron chi connectivity index (χ0n) is 7.25. The van der Waals surface area contributed by atoms with Gasteiger partial charge in [0.2, 0.25) is 0 Å². The molecule has 0 saturated carbocycles. The number of ether oxygens (including phenoxy) is 1. The molecule has 1 rings (SSSR count). The molecule has 1 aromatic rings. The lowest BCUT2D eigenvalue weighted by atomic mass is 10.1. The third-order valence-electron chi connectivity index (χ3n) is 1.59. The van der Waals surface area contributed by atoms with Gasteiger partial charge < -0.3 is 4.74 Å². The average Bonchev–Trinajstić information content (AvgIpc) is 2.10. The minimum Gasteiger partial charge on any atom is -0.378 e. The van der Waals surface area contributed by atoms with Crippen LogP contribution >= 0.6 is 11.6 Å². The Morgan fingerprint density at radius 2 is 2.38 bits per heavy atom. The van der Waals surface area contributed by atoms with Crippen molar-refractivity contribution in [1.82, 2.24) is 4.98 Å². The van der Waals surface area contributed by atoms with Gasteiger partial charge in [-0.15, -0.1) is 0 Å². The monoisotopic (exact) mass is 196 g/mol. The number of halogens is 1. The molecular weight excluding hydrogens is 188 g/mol. The number of nitrogens with zero attached hydrogens (tertiary/aromatic N) is 2. The molecule has 0 spiro atoms. The predicted octanol–water partition coefficient (Wildman–Crippen LogP) is 1.95. The van der Waals surface area contributed by atoms with Crippen LogP contribution in [0.5, 0.6) is 0 Å². The Morgan fingerprint density at radius 1 is 1.62 bits per heavy atom. The van der Waals surface area contributed by atoms with Crippen molar-refractivity contribution in [3.8, 4) is 6.07 Å². The van der Waals surface area contributed by atoms with E-state index in [1.807, 2.05) is 0 Å². The highest BCUT2D eigenvalue weighted by Crippen LogP contribution is 2.12.